The van der Waals surface area contributed by atoms with Gasteiger partial charge in [-0.25, -0.2) is 0 Å². The second-order valence-corrected chi connectivity index (χ2v) is 7.12. The molecule has 0 saturated heterocycles. The maximum absolute atomic E-state index is 6.31. The number of benzene rings is 1. The highest BCUT2D eigenvalue weighted by Crippen LogP contribution is 2.27. The van der Waals surface area contributed by atoms with Crippen molar-refractivity contribution in [2.24, 2.45) is 5.73 Å². The second-order valence-electron chi connectivity index (χ2n) is 5.80. The van der Waals surface area contributed by atoms with E-state index >= 15 is 0 Å². The molecule has 0 radical (unpaired) electrons. The lowest BCUT2D eigenvalue weighted by molar-refractivity contribution is 0.176. The predicted molar refractivity (Wildman–Crippen MR) is 96.0 cm³/mol. The van der Waals surface area contributed by atoms with Crippen molar-refractivity contribution < 1.29 is 0 Å². The standard InChI is InChI=1S/C16H27BrClN3/c1-5-21(12(2)11-20(3)4)9-8-16(19)14-7-6-13(17)10-15(14)18/h6-7,10,12,16H,5,8-9,11,19H2,1-4H3. The molecule has 0 aliphatic heterocycles. The van der Waals surface area contributed by atoms with Crippen molar-refractivity contribution >= 4 is 27.5 Å². The van der Waals surface area contributed by atoms with E-state index in [1.165, 1.54) is 0 Å². The van der Waals surface area contributed by atoms with E-state index in [1.807, 2.05) is 18.2 Å². The molecule has 5 heteroatoms. The normalized spacial score (nSPS) is 14.7. The molecule has 3 nitrogen and oxygen atoms in total. The van der Waals surface area contributed by atoms with Crippen LogP contribution in [0.25, 0.3) is 0 Å². The van der Waals surface area contributed by atoms with Crippen LogP contribution in [-0.4, -0.2) is 49.6 Å². The van der Waals surface area contributed by atoms with E-state index in [0.717, 1.165) is 41.1 Å². The summed E-state index contributed by atoms with van der Waals surface area (Å²) in [5, 5.41) is 0.737. The Balaban J connectivity index is 2.59. The molecule has 2 N–H and O–H groups in total. The SMILES string of the molecule is CCN(CCC(N)c1ccc(Br)cc1Cl)C(C)CN(C)C. The number of halogens is 2. The first kappa shape index (κ1) is 18.9. The molecule has 0 spiro atoms. The van der Waals surface area contributed by atoms with Crippen molar-refractivity contribution in [3.63, 3.8) is 0 Å². The van der Waals surface area contributed by atoms with Gasteiger partial charge in [-0.2, -0.15) is 0 Å². The molecule has 0 aliphatic carbocycles. The summed E-state index contributed by atoms with van der Waals surface area (Å²) < 4.78 is 0.984. The van der Waals surface area contributed by atoms with Gasteiger partial charge in [0.1, 0.15) is 0 Å². The van der Waals surface area contributed by atoms with E-state index in [1.54, 1.807) is 0 Å². The number of likely N-dealkylation sites (N-methyl/N-ethyl adjacent to an activating group) is 2. The lowest BCUT2D eigenvalue weighted by atomic mass is 10.0. The lowest BCUT2D eigenvalue weighted by Crippen LogP contribution is -2.41. The molecule has 1 aromatic carbocycles. The summed E-state index contributed by atoms with van der Waals surface area (Å²) in [6.45, 7) is 7.54. The summed E-state index contributed by atoms with van der Waals surface area (Å²) in [6.07, 6.45) is 0.910. The van der Waals surface area contributed by atoms with Gasteiger partial charge >= 0.3 is 0 Å². The molecule has 1 aromatic rings. The molecular formula is C16H27BrClN3. The van der Waals surface area contributed by atoms with Crippen LogP contribution in [0.2, 0.25) is 5.02 Å². The van der Waals surface area contributed by atoms with Crippen LogP contribution >= 0.6 is 27.5 Å². The topological polar surface area (TPSA) is 32.5 Å². The van der Waals surface area contributed by atoms with Gasteiger partial charge in [0.05, 0.1) is 0 Å². The van der Waals surface area contributed by atoms with Gasteiger partial charge in [0.2, 0.25) is 0 Å². The van der Waals surface area contributed by atoms with Gasteiger partial charge in [0.15, 0.2) is 0 Å². The first-order valence-electron chi connectivity index (χ1n) is 7.44. The van der Waals surface area contributed by atoms with Crippen molar-refractivity contribution in [3.8, 4) is 0 Å². The summed E-state index contributed by atoms with van der Waals surface area (Å²) in [5.41, 5.74) is 7.34. The third-order valence-corrected chi connectivity index (χ3v) is 4.57. The quantitative estimate of drug-likeness (QED) is 0.749. The van der Waals surface area contributed by atoms with Crippen molar-refractivity contribution in [3.05, 3.63) is 33.3 Å². The smallest absolute Gasteiger partial charge is 0.0464 e. The molecule has 0 saturated carbocycles. The Morgan fingerprint density at radius 2 is 2.00 bits per heavy atom. The van der Waals surface area contributed by atoms with Crippen molar-refractivity contribution in [1.82, 2.24) is 9.80 Å². The maximum Gasteiger partial charge on any atom is 0.0464 e. The first-order valence-corrected chi connectivity index (χ1v) is 8.61. The highest BCUT2D eigenvalue weighted by molar-refractivity contribution is 9.10. The minimum atomic E-state index is -0.0220. The van der Waals surface area contributed by atoms with E-state index < -0.39 is 0 Å². The van der Waals surface area contributed by atoms with E-state index in [-0.39, 0.29) is 6.04 Å². The fourth-order valence-corrected chi connectivity index (χ4v) is 3.41. The number of hydrogen-bond donors (Lipinski definition) is 1. The third-order valence-electron chi connectivity index (χ3n) is 3.75. The van der Waals surface area contributed by atoms with E-state index in [4.69, 9.17) is 17.3 Å². The summed E-state index contributed by atoms with van der Waals surface area (Å²) in [4.78, 5) is 4.69. The molecule has 2 atom stereocenters. The van der Waals surface area contributed by atoms with Crippen LogP contribution in [0.4, 0.5) is 0 Å². The van der Waals surface area contributed by atoms with Gasteiger partial charge in [0.25, 0.3) is 0 Å². The highest BCUT2D eigenvalue weighted by Gasteiger charge is 2.16. The molecule has 0 heterocycles. The Morgan fingerprint density at radius 3 is 2.52 bits per heavy atom. The van der Waals surface area contributed by atoms with Gasteiger partial charge in [-0.15, -0.1) is 0 Å². The number of hydrogen-bond acceptors (Lipinski definition) is 3. The molecule has 1 rings (SSSR count). The van der Waals surface area contributed by atoms with Crippen molar-refractivity contribution in [1.29, 1.82) is 0 Å². The molecule has 0 amide bonds. The molecular weight excluding hydrogens is 350 g/mol. The summed E-state index contributed by atoms with van der Waals surface area (Å²) in [7, 11) is 4.22. The van der Waals surface area contributed by atoms with E-state index in [9.17, 15) is 0 Å². The zero-order chi connectivity index (χ0) is 16.0. The number of rotatable bonds is 8. The molecule has 21 heavy (non-hydrogen) atoms. The van der Waals surface area contributed by atoms with Gasteiger partial charge in [-0.1, -0.05) is 40.5 Å². The van der Waals surface area contributed by atoms with Crippen LogP contribution in [0.15, 0.2) is 22.7 Å². The highest BCUT2D eigenvalue weighted by atomic mass is 79.9. The van der Waals surface area contributed by atoms with Gasteiger partial charge in [0, 0.05) is 34.7 Å². The van der Waals surface area contributed by atoms with Crippen LogP contribution in [0.1, 0.15) is 31.9 Å². The van der Waals surface area contributed by atoms with Crippen LogP contribution in [0.3, 0.4) is 0 Å². The Hall–Kier alpha value is -0.130. The van der Waals surface area contributed by atoms with Crippen molar-refractivity contribution in [2.45, 2.75) is 32.4 Å². The van der Waals surface area contributed by atoms with Crippen LogP contribution in [0, 0.1) is 0 Å². The Labute approximate surface area is 142 Å². The van der Waals surface area contributed by atoms with Gasteiger partial charge in [-0.3, -0.25) is 4.90 Å². The average Bonchev–Trinajstić information content (AvgIpc) is 2.38. The molecule has 2 unspecified atom stereocenters. The lowest BCUT2D eigenvalue weighted by Gasteiger charge is -2.30. The Bertz CT molecular complexity index is 440. The van der Waals surface area contributed by atoms with E-state index in [2.05, 4.69) is 53.7 Å². The zero-order valence-corrected chi connectivity index (χ0v) is 15.8. The van der Waals surface area contributed by atoms with Crippen LogP contribution in [-0.2, 0) is 0 Å². The fraction of sp³-hybridized carbons (Fsp3) is 0.625. The molecule has 0 aromatic heterocycles. The zero-order valence-electron chi connectivity index (χ0n) is 13.4. The predicted octanol–water partition coefficient (Wildman–Crippen LogP) is 3.76. The fourth-order valence-electron chi connectivity index (χ4n) is 2.60. The Kier molecular flexibility index (Phi) is 8.21. The summed E-state index contributed by atoms with van der Waals surface area (Å²) >= 11 is 9.70. The molecule has 120 valence electrons. The minimum absolute atomic E-state index is 0.0220. The number of nitrogens with zero attached hydrogens (tertiary/aromatic N) is 2. The number of nitrogens with two attached hydrogens (primary N) is 1. The van der Waals surface area contributed by atoms with E-state index in [0.29, 0.717) is 6.04 Å². The minimum Gasteiger partial charge on any atom is -0.324 e. The first-order chi connectivity index (χ1) is 9.85. The maximum atomic E-state index is 6.31. The molecule has 0 fully saturated rings. The van der Waals surface area contributed by atoms with Crippen molar-refractivity contribution in [2.75, 3.05) is 33.7 Å². The average molecular weight is 377 g/mol. The third kappa shape index (κ3) is 6.25. The monoisotopic (exact) mass is 375 g/mol. The van der Waals surface area contributed by atoms with Gasteiger partial charge in [-0.05, 0) is 51.7 Å². The molecule has 0 aliphatic rings. The second kappa shape index (κ2) is 9.11. The molecule has 0 bridgehead atoms. The summed E-state index contributed by atoms with van der Waals surface area (Å²) in [6, 6.07) is 6.41. The summed E-state index contributed by atoms with van der Waals surface area (Å²) in [5.74, 6) is 0. The van der Waals surface area contributed by atoms with Gasteiger partial charge < -0.3 is 10.6 Å². The largest absolute Gasteiger partial charge is 0.324 e. The van der Waals surface area contributed by atoms with Crippen LogP contribution in [0.5, 0.6) is 0 Å². The van der Waals surface area contributed by atoms with Crippen LogP contribution < -0.4 is 5.73 Å². The Morgan fingerprint density at radius 1 is 1.33 bits per heavy atom.